The minimum atomic E-state index is 0. The van der Waals surface area contributed by atoms with Crippen molar-refractivity contribution in [3.8, 4) is 17.3 Å². The molecule has 1 amide bonds. The number of H-pyrrole nitrogens is 1. The second-order valence-electron chi connectivity index (χ2n) is 11.1. The van der Waals surface area contributed by atoms with Crippen LogP contribution in [0.1, 0.15) is 54.0 Å². The van der Waals surface area contributed by atoms with Crippen molar-refractivity contribution < 1.29 is 6.22 Å². The number of likely N-dealkylation sites (tertiary alicyclic amines) is 2. The number of nitrogens with zero attached hydrogens (tertiary/aromatic N) is 4. The van der Waals surface area contributed by atoms with Crippen LogP contribution in [0.2, 0.25) is 0 Å². The lowest BCUT2D eigenvalue weighted by molar-refractivity contribution is 0.0372. The van der Waals surface area contributed by atoms with E-state index in [0.29, 0.717) is 17.8 Å². The second kappa shape index (κ2) is 8.20. The number of allylic oxidation sites excluding steroid dienone is 4. The summed E-state index contributed by atoms with van der Waals surface area (Å²) in [4.78, 5) is 26.3. The molecule has 35 heavy (non-hydrogen) atoms. The van der Waals surface area contributed by atoms with Crippen molar-refractivity contribution >= 4 is 5.91 Å². The highest BCUT2D eigenvalue weighted by Crippen LogP contribution is 2.63. The number of rotatable bonds is 4. The zero-order valence-electron chi connectivity index (χ0n) is 20.8. The minimum Gasteiger partial charge on any atom is -0.345 e. The van der Waals surface area contributed by atoms with E-state index < -0.39 is 0 Å². The van der Waals surface area contributed by atoms with Crippen LogP contribution in [-0.4, -0.2) is 58.9 Å². The number of fused-ring (bicyclic) bond motifs is 1. The van der Waals surface area contributed by atoms with E-state index in [1.165, 1.54) is 0 Å². The van der Waals surface area contributed by atoms with Crippen LogP contribution in [0.15, 0.2) is 42.0 Å². The maximum atomic E-state index is 13.4. The number of nitriles is 1. The Morgan fingerprint density at radius 2 is 2.03 bits per heavy atom. The molecule has 0 spiro atoms. The van der Waals surface area contributed by atoms with Gasteiger partial charge < -0.3 is 14.8 Å². The number of amides is 1. The average Bonchev–Trinajstić information content (AvgIpc) is 3.43. The second-order valence-corrected chi connectivity index (χ2v) is 11.1. The molecule has 1 aromatic heterocycles. The predicted octanol–water partition coefficient (Wildman–Crippen LogP) is 4.85. The van der Waals surface area contributed by atoms with Gasteiger partial charge in [0.15, 0.2) is 0 Å². The van der Waals surface area contributed by atoms with Crippen molar-refractivity contribution in [2.75, 3.05) is 33.2 Å². The van der Waals surface area contributed by atoms with Crippen LogP contribution in [0, 0.1) is 42.4 Å². The Hall–Kier alpha value is -3.17. The smallest absolute Gasteiger partial charge is 0.253 e. The van der Waals surface area contributed by atoms with Crippen molar-refractivity contribution in [2.45, 2.75) is 39.0 Å². The molecule has 3 heterocycles. The lowest BCUT2D eigenvalue weighted by Gasteiger charge is -2.44. The van der Waals surface area contributed by atoms with Gasteiger partial charge in [0.1, 0.15) is 5.82 Å². The molecular weight excluding hydrogens is 434 g/mol. The SMILES string of the molecule is Cc1ccc(C(=O)N2CC(C34C=CC(C#N)=CC3C4)C2)cc1-c1nc(C2CCN(C)CC2)[nH]c1C.[HH]. The average molecular weight is 470 g/mol. The number of carbonyl (C=O) groups is 1. The largest absolute Gasteiger partial charge is 0.345 e. The van der Waals surface area contributed by atoms with Gasteiger partial charge in [-0.1, -0.05) is 18.2 Å². The van der Waals surface area contributed by atoms with Crippen molar-refractivity contribution in [1.82, 2.24) is 19.8 Å². The molecule has 2 aliphatic heterocycles. The third-order valence-corrected chi connectivity index (χ3v) is 8.86. The first-order valence-corrected chi connectivity index (χ1v) is 12.8. The molecule has 182 valence electrons. The summed E-state index contributed by atoms with van der Waals surface area (Å²) in [5.41, 5.74) is 5.92. The highest BCUT2D eigenvalue weighted by atomic mass is 16.2. The van der Waals surface area contributed by atoms with Crippen LogP contribution >= 0.6 is 0 Å². The summed E-state index contributed by atoms with van der Waals surface area (Å²) in [7, 11) is 2.18. The summed E-state index contributed by atoms with van der Waals surface area (Å²) in [6, 6.07) is 8.29. The monoisotopic (exact) mass is 469 g/mol. The van der Waals surface area contributed by atoms with Gasteiger partial charge in [-0.3, -0.25) is 4.79 Å². The highest BCUT2D eigenvalue weighted by Gasteiger charge is 2.60. The summed E-state index contributed by atoms with van der Waals surface area (Å²) in [5.74, 6) is 2.62. The van der Waals surface area contributed by atoms with Crippen LogP contribution in [0.25, 0.3) is 11.3 Å². The van der Waals surface area contributed by atoms with Gasteiger partial charge in [-0.25, -0.2) is 4.98 Å². The lowest BCUT2D eigenvalue weighted by atomic mass is 9.78. The summed E-state index contributed by atoms with van der Waals surface area (Å²) in [5, 5.41) is 9.15. The number of aromatic amines is 1. The molecule has 6 nitrogen and oxygen atoms in total. The fourth-order valence-corrected chi connectivity index (χ4v) is 6.32. The van der Waals surface area contributed by atoms with Crippen molar-refractivity contribution in [3.63, 3.8) is 0 Å². The Morgan fingerprint density at radius 3 is 2.74 bits per heavy atom. The van der Waals surface area contributed by atoms with E-state index in [1.807, 2.05) is 23.1 Å². The van der Waals surface area contributed by atoms with Crippen LogP contribution in [0.5, 0.6) is 0 Å². The molecule has 0 bridgehead atoms. The lowest BCUT2D eigenvalue weighted by Crippen LogP contribution is -2.53. The predicted molar refractivity (Wildman–Crippen MR) is 138 cm³/mol. The Morgan fingerprint density at radius 1 is 1.26 bits per heavy atom. The Bertz CT molecular complexity index is 1290. The summed E-state index contributed by atoms with van der Waals surface area (Å²) in [6.07, 6.45) is 9.67. The van der Waals surface area contributed by atoms with Gasteiger partial charge in [0.25, 0.3) is 5.91 Å². The van der Waals surface area contributed by atoms with E-state index in [1.54, 1.807) is 0 Å². The molecule has 2 aromatic rings. The summed E-state index contributed by atoms with van der Waals surface area (Å²) in [6.45, 7) is 7.97. The molecule has 3 fully saturated rings. The number of carbonyl (C=O) groups excluding carboxylic acids is 1. The van der Waals surface area contributed by atoms with Crippen LogP contribution in [0.3, 0.4) is 0 Å². The van der Waals surface area contributed by atoms with Crippen molar-refractivity contribution in [1.29, 1.82) is 5.26 Å². The molecule has 6 rings (SSSR count). The molecule has 2 atom stereocenters. The van der Waals surface area contributed by atoms with Crippen molar-refractivity contribution in [2.24, 2.45) is 17.3 Å². The molecule has 1 aromatic carbocycles. The van der Waals surface area contributed by atoms with E-state index in [4.69, 9.17) is 10.2 Å². The highest BCUT2D eigenvalue weighted by molar-refractivity contribution is 5.96. The van der Waals surface area contributed by atoms with Gasteiger partial charge in [-0.15, -0.1) is 0 Å². The number of piperidine rings is 1. The molecule has 2 unspecified atom stereocenters. The van der Waals surface area contributed by atoms with E-state index in [2.05, 4.69) is 55.1 Å². The van der Waals surface area contributed by atoms with Crippen LogP contribution < -0.4 is 0 Å². The van der Waals surface area contributed by atoms with Crippen LogP contribution in [0.4, 0.5) is 0 Å². The first-order chi connectivity index (χ1) is 16.9. The van der Waals surface area contributed by atoms with Crippen molar-refractivity contribution in [3.05, 3.63) is 64.6 Å². The Kier molecular flexibility index (Phi) is 5.23. The number of benzene rings is 1. The molecule has 0 radical (unpaired) electrons. The topological polar surface area (TPSA) is 76.0 Å². The quantitative estimate of drug-likeness (QED) is 0.695. The van der Waals surface area contributed by atoms with Gasteiger partial charge in [0, 0.05) is 54.2 Å². The molecule has 4 aliphatic rings. The zero-order valence-corrected chi connectivity index (χ0v) is 20.8. The normalized spacial score (nSPS) is 26.6. The van der Waals surface area contributed by atoms with E-state index in [9.17, 15) is 4.79 Å². The van der Waals surface area contributed by atoms with Gasteiger partial charge in [-0.05, 0) is 82.9 Å². The number of nitrogens with one attached hydrogen (secondary N) is 1. The summed E-state index contributed by atoms with van der Waals surface area (Å²) < 4.78 is 0. The number of imidazole rings is 1. The fourth-order valence-electron chi connectivity index (χ4n) is 6.32. The zero-order chi connectivity index (χ0) is 24.3. The third-order valence-electron chi connectivity index (χ3n) is 8.86. The number of aromatic nitrogens is 2. The Labute approximate surface area is 208 Å². The first kappa shape index (κ1) is 22.3. The molecule has 2 aliphatic carbocycles. The number of hydrogen-bond donors (Lipinski definition) is 1. The fraction of sp³-hybridized carbons (Fsp3) is 0.483. The van der Waals surface area contributed by atoms with Gasteiger partial charge in [0.05, 0.1) is 11.8 Å². The molecular formula is C29H35N5O. The van der Waals surface area contributed by atoms with Gasteiger partial charge in [-0.2, -0.15) is 5.26 Å². The minimum absolute atomic E-state index is 0. The number of hydrogen-bond acceptors (Lipinski definition) is 4. The molecule has 2 saturated heterocycles. The van der Waals surface area contributed by atoms with Crippen LogP contribution in [-0.2, 0) is 0 Å². The maximum Gasteiger partial charge on any atom is 0.253 e. The van der Waals surface area contributed by atoms with E-state index >= 15 is 0 Å². The third kappa shape index (κ3) is 3.73. The maximum absolute atomic E-state index is 13.4. The summed E-state index contributed by atoms with van der Waals surface area (Å²) >= 11 is 0. The number of aryl methyl sites for hydroxylation is 2. The van der Waals surface area contributed by atoms with Gasteiger partial charge in [0.2, 0.25) is 0 Å². The standard InChI is InChI=1S/C29H33N5O.H2/c1-18-4-5-22(13-25(18)26-19(2)31-27(32-26)21-7-10-33(3)11-8-21)28(35)34-16-24(17-34)29-9-6-20(15-30)12-23(29)14-29;/h4-6,9,12-13,21,23-24H,7-8,10-11,14,16-17H2,1-3H3,(H,31,32);1H. The first-order valence-electron chi connectivity index (χ1n) is 12.8. The Balaban J connectivity index is 0.00000267. The molecule has 1 saturated carbocycles. The van der Waals surface area contributed by atoms with Gasteiger partial charge >= 0.3 is 0 Å². The molecule has 1 N–H and O–H groups in total. The molecule has 6 heteroatoms. The van der Waals surface area contributed by atoms with E-state index in [-0.39, 0.29) is 12.7 Å². The van der Waals surface area contributed by atoms with E-state index in [0.717, 1.165) is 84.9 Å².